The summed E-state index contributed by atoms with van der Waals surface area (Å²) in [4.78, 5) is 8.64. The van der Waals surface area contributed by atoms with Crippen LogP contribution in [0.3, 0.4) is 0 Å². The number of fused-ring (bicyclic) bond motifs is 1. The number of nitrogens with two attached hydrogens (primary N) is 1. The van der Waals surface area contributed by atoms with Crippen LogP contribution in [0, 0.1) is 0 Å². The van der Waals surface area contributed by atoms with Gasteiger partial charge in [0.2, 0.25) is 0 Å². The SMILES string of the molecule is NCCc1noc(-c2ccnc3ccccc23)n1. The van der Waals surface area contributed by atoms with Crippen molar-refractivity contribution in [3.63, 3.8) is 0 Å². The molecule has 1 aromatic carbocycles. The Morgan fingerprint density at radius 1 is 1.17 bits per heavy atom. The molecule has 3 aromatic rings. The Hall–Kier alpha value is -2.27. The topological polar surface area (TPSA) is 77.8 Å². The summed E-state index contributed by atoms with van der Waals surface area (Å²) >= 11 is 0. The van der Waals surface area contributed by atoms with Crippen LogP contribution < -0.4 is 5.73 Å². The molecule has 0 aliphatic rings. The minimum Gasteiger partial charge on any atom is -0.334 e. The van der Waals surface area contributed by atoms with Gasteiger partial charge in [0.05, 0.1) is 11.1 Å². The standard InChI is InChI=1S/C13H12N4O/c14-7-5-12-16-13(18-17-12)10-6-8-15-11-4-2-1-3-9(10)11/h1-4,6,8H,5,7,14H2. The van der Waals surface area contributed by atoms with Crippen LogP contribution in [0.5, 0.6) is 0 Å². The summed E-state index contributed by atoms with van der Waals surface area (Å²) in [6.45, 7) is 0.510. The largest absolute Gasteiger partial charge is 0.334 e. The molecule has 0 aliphatic heterocycles. The maximum Gasteiger partial charge on any atom is 0.258 e. The quantitative estimate of drug-likeness (QED) is 0.755. The van der Waals surface area contributed by atoms with Crippen molar-refractivity contribution < 1.29 is 4.52 Å². The van der Waals surface area contributed by atoms with E-state index < -0.39 is 0 Å². The zero-order valence-electron chi connectivity index (χ0n) is 9.71. The molecule has 18 heavy (non-hydrogen) atoms. The number of hydrogen-bond acceptors (Lipinski definition) is 5. The first kappa shape index (κ1) is 10.9. The highest BCUT2D eigenvalue weighted by Gasteiger charge is 2.11. The van der Waals surface area contributed by atoms with E-state index in [1.54, 1.807) is 6.20 Å². The van der Waals surface area contributed by atoms with E-state index >= 15 is 0 Å². The van der Waals surface area contributed by atoms with E-state index in [2.05, 4.69) is 15.1 Å². The summed E-state index contributed by atoms with van der Waals surface area (Å²) in [5.41, 5.74) is 7.28. The highest BCUT2D eigenvalue weighted by Crippen LogP contribution is 2.25. The first-order valence-corrected chi connectivity index (χ1v) is 5.75. The van der Waals surface area contributed by atoms with Gasteiger partial charge in [0, 0.05) is 18.0 Å². The van der Waals surface area contributed by atoms with E-state index in [4.69, 9.17) is 10.3 Å². The first-order chi connectivity index (χ1) is 8.88. The molecule has 2 N–H and O–H groups in total. The van der Waals surface area contributed by atoms with E-state index in [1.165, 1.54) is 0 Å². The van der Waals surface area contributed by atoms with Crippen LogP contribution in [0.1, 0.15) is 5.82 Å². The molecule has 0 aliphatic carbocycles. The van der Waals surface area contributed by atoms with Crippen LogP contribution in [0.4, 0.5) is 0 Å². The molecule has 0 saturated heterocycles. The molecule has 0 unspecified atom stereocenters. The number of aromatic nitrogens is 3. The number of benzene rings is 1. The molecule has 3 rings (SSSR count). The predicted octanol–water partition coefficient (Wildman–Crippen LogP) is 1.79. The lowest BCUT2D eigenvalue weighted by Crippen LogP contribution is -2.03. The second-order valence-electron chi connectivity index (χ2n) is 3.93. The summed E-state index contributed by atoms with van der Waals surface area (Å²) in [6, 6.07) is 9.74. The molecule has 0 fully saturated rings. The van der Waals surface area contributed by atoms with Crippen LogP contribution in [0.25, 0.3) is 22.4 Å². The summed E-state index contributed by atoms with van der Waals surface area (Å²) in [6.07, 6.45) is 2.36. The van der Waals surface area contributed by atoms with Gasteiger partial charge in [0.1, 0.15) is 0 Å². The zero-order valence-corrected chi connectivity index (χ0v) is 9.71. The number of nitrogens with zero attached hydrogens (tertiary/aromatic N) is 3. The Balaban J connectivity index is 2.12. The van der Waals surface area contributed by atoms with Crippen LogP contribution in [0.15, 0.2) is 41.1 Å². The monoisotopic (exact) mass is 240 g/mol. The van der Waals surface area contributed by atoms with Crippen LogP contribution in [-0.4, -0.2) is 21.7 Å². The third-order valence-corrected chi connectivity index (χ3v) is 2.72. The van der Waals surface area contributed by atoms with Crippen molar-refractivity contribution in [1.29, 1.82) is 0 Å². The minimum atomic E-state index is 0.510. The highest BCUT2D eigenvalue weighted by atomic mass is 16.5. The lowest BCUT2D eigenvalue weighted by molar-refractivity contribution is 0.423. The zero-order chi connectivity index (χ0) is 12.4. The molecule has 0 amide bonds. The van der Waals surface area contributed by atoms with Gasteiger partial charge < -0.3 is 10.3 Å². The van der Waals surface area contributed by atoms with E-state index in [1.807, 2.05) is 30.3 Å². The van der Waals surface area contributed by atoms with Gasteiger partial charge in [-0.1, -0.05) is 23.4 Å². The van der Waals surface area contributed by atoms with Crippen molar-refractivity contribution in [2.75, 3.05) is 6.54 Å². The predicted molar refractivity (Wildman–Crippen MR) is 67.8 cm³/mol. The molecular formula is C13H12N4O. The van der Waals surface area contributed by atoms with Crippen LogP contribution in [0.2, 0.25) is 0 Å². The molecule has 2 aromatic heterocycles. The van der Waals surface area contributed by atoms with Gasteiger partial charge in [0.25, 0.3) is 5.89 Å². The van der Waals surface area contributed by atoms with Crippen molar-refractivity contribution in [3.05, 3.63) is 42.4 Å². The second kappa shape index (κ2) is 4.54. The van der Waals surface area contributed by atoms with Gasteiger partial charge in [-0.3, -0.25) is 4.98 Å². The van der Waals surface area contributed by atoms with Gasteiger partial charge >= 0.3 is 0 Å². The van der Waals surface area contributed by atoms with Crippen LogP contribution >= 0.6 is 0 Å². The fourth-order valence-corrected chi connectivity index (χ4v) is 1.88. The number of para-hydroxylation sites is 1. The summed E-state index contributed by atoms with van der Waals surface area (Å²) in [7, 11) is 0. The Labute approximate surface area is 104 Å². The Kier molecular flexibility index (Phi) is 2.74. The molecule has 0 bridgehead atoms. The number of hydrogen-bond donors (Lipinski definition) is 1. The molecule has 5 heteroatoms. The van der Waals surface area contributed by atoms with Crippen LogP contribution in [-0.2, 0) is 6.42 Å². The molecular weight excluding hydrogens is 228 g/mol. The van der Waals surface area contributed by atoms with E-state index in [9.17, 15) is 0 Å². The van der Waals surface area contributed by atoms with Gasteiger partial charge in [0.15, 0.2) is 5.82 Å². The maximum atomic E-state index is 5.47. The lowest BCUT2D eigenvalue weighted by atomic mass is 10.1. The molecule has 90 valence electrons. The average Bonchev–Trinajstić information content (AvgIpc) is 2.87. The Bertz CT molecular complexity index is 672. The van der Waals surface area contributed by atoms with E-state index in [-0.39, 0.29) is 0 Å². The first-order valence-electron chi connectivity index (χ1n) is 5.75. The van der Waals surface area contributed by atoms with Gasteiger partial charge in [-0.15, -0.1) is 0 Å². The Morgan fingerprint density at radius 2 is 2.06 bits per heavy atom. The van der Waals surface area contributed by atoms with Gasteiger partial charge in [-0.2, -0.15) is 4.98 Å². The second-order valence-corrected chi connectivity index (χ2v) is 3.93. The summed E-state index contributed by atoms with van der Waals surface area (Å²) < 4.78 is 5.27. The van der Waals surface area contributed by atoms with Crippen molar-refractivity contribution >= 4 is 10.9 Å². The highest BCUT2D eigenvalue weighted by molar-refractivity contribution is 5.91. The average molecular weight is 240 g/mol. The smallest absolute Gasteiger partial charge is 0.258 e. The molecule has 2 heterocycles. The molecule has 0 radical (unpaired) electrons. The van der Waals surface area contributed by atoms with Crippen molar-refractivity contribution in [1.82, 2.24) is 15.1 Å². The third kappa shape index (κ3) is 1.84. The number of pyridine rings is 1. The molecule has 5 nitrogen and oxygen atoms in total. The molecule has 0 saturated carbocycles. The fraction of sp³-hybridized carbons (Fsp3) is 0.154. The normalized spacial score (nSPS) is 10.9. The molecule has 0 spiro atoms. The van der Waals surface area contributed by atoms with Crippen molar-refractivity contribution in [2.45, 2.75) is 6.42 Å². The van der Waals surface area contributed by atoms with E-state index in [0.717, 1.165) is 16.5 Å². The van der Waals surface area contributed by atoms with Crippen molar-refractivity contribution in [3.8, 4) is 11.5 Å². The molecule has 0 atom stereocenters. The number of rotatable bonds is 3. The summed E-state index contributed by atoms with van der Waals surface area (Å²) in [5.74, 6) is 1.14. The van der Waals surface area contributed by atoms with Crippen molar-refractivity contribution in [2.24, 2.45) is 5.73 Å². The summed E-state index contributed by atoms with van der Waals surface area (Å²) in [5, 5.41) is 4.91. The fourth-order valence-electron chi connectivity index (χ4n) is 1.88. The third-order valence-electron chi connectivity index (χ3n) is 2.72. The van der Waals surface area contributed by atoms with E-state index in [0.29, 0.717) is 24.7 Å². The Morgan fingerprint density at radius 3 is 2.94 bits per heavy atom. The lowest BCUT2D eigenvalue weighted by Gasteiger charge is -2.00. The maximum absolute atomic E-state index is 5.47. The van der Waals surface area contributed by atoms with Gasteiger partial charge in [-0.25, -0.2) is 0 Å². The minimum absolute atomic E-state index is 0.510. The van der Waals surface area contributed by atoms with Gasteiger partial charge in [-0.05, 0) is 18.7 Å².